The SMILES string of the molecule is Nc1ccc(CCCC(=O)N2CCOCC2)c(F)c1. The maximum absolute atomic E-state index is 13.5. The first-order valence-electron chi connectivity index (χ1n) is 6.56. The van der Waals surface area contributed by atoms with Crippen molar-refractivity contribution in [1.29, 1.82) is 0 Å². The van der Waals surface area contributed by atoms with Gasteiger partial charge in [-0.3, -0.25) is 4.79 Å². The summed E-state index contributed by atoms with van der Waals surface area (Å²) in [6, 6.07) is 4.69. The van der Waals surface area contributed by atoms with Crippen LogP contribution in [0.4, 0.5) is 10.1 Å². The number of nitrogens with two attached hydrogens (primary N) is 1. The van der Waals surface area contributed by atoms with Gasteiger partial charge in [-0.25, -0.2) is 4.39 Å². The van der Waals surface area contributed by atoms with Crippen LogP contribution in [0.15, 0.2) is 18.2 Å². The molecule has 0 unspecified atom stereocenters. The Morgan fingerprint density at radius 2 is 2.11 bits per heavy atom. The number of rotatable bonds is 4. The van der Waals surface area contributed by atoms with E-state index in [2.05, 4.69) is 0 Å². The maximum atomic E-state index is 13.5. The minimum atomic E-state index is -0.293. The number of morpholine rings is 1. The molecule has 5 heteroatoms. The molecule has 1 aliphatic heterocycles. The number of benzene rings is 1. The van der Waals surface area contributed by atoms with Crippen LogP contribution >= 0.6 is 0 Å². The summed E-state index contributed by atoms with van der Waals surface area (Å²) in [6.07, 6.45) is 1.66. The Kier molecular flexibility index (Phi) is 4.74. The van der Waals surface area contributed by atoms with E-state index in [4.69, 9.17) is 10.5 Å². The zero-order chi connectivity index (χ0) is 13.7. The van der Waals surface area contributed by atoms with Crippen LogP contribution in [0, 0.1) is 5.82 Å². The van der Waals surface area contributed by atoms with E-state index in [1.165, 1.54) is 6.07 Å². The van der Waals surface area contributed by atoms with Crippen LogP contribution in [0.5, 0.6) is 0 Å². The van der Waals surface area contributed by atoms with Gasteiger partial charge < -0.3 is 15.4 Å². The predicted molar refractivity (Wildman–Crippen MR) is 71.1 cm³/mol. The van der Waals surface area contributed by atoms with Crippen molar-refractivity contribution in [3.63, 3.8) is 0 Å². The third-order valence-electron chi connectivity index (χ3n) is 3.28. The molecule has 1 amide bonds. The van der Waals surface area contributed by atoms with Gasteiger partial charge in [0.05, 0.1) is 13.2 Å². The Hall–Kier alpha value is -1.62. The Morgan fingerprint density at radius 1 is 1.37 bits per heavy atom. The van der Waals surface area contributed by atoms with E-state index in [-0.39, 0.29) is 11.7 Å². The molecule has 4 nitrogen and oxygen atoms in total. The second-order valence-electron chi connectivity index (χ2n) is 4.70. The van der Waals surface area contributed by atoms with Gasteiger partial charge in [-0.15, -0.1) is 0 Å². The topological polar surface area (TPSA) is 55.6 Å². The quantitative estimate of drug-likeness (QED) is 0.842. The van der Waals surface area contributed by atoms with E-state index in [9.17, 15) is 9.18 Å². The highest BCUT2D eigenvalue weighted by Gasteiger charge is 2.16. The average molecular weight is 266 g/mol. The van der Waals surface area contributed by atoms with E-state index in [0.29, 0.717) is 56.8 Å². The molecular weight excluding hydrogens is 247 g/mol. The molecule has 2 N–H and O–H groups in total. The van der Waals surface area contributed by atoms with Crippen LogP contribution in [0.3, 0.4) is 0 Å². The fourth-order valence-corrected chi connectivity index (χ4v) is 2.17. The highest BCUT2D eigenvalue weighted by Crippen LogP contribution is 2.14. The zero-order valence-electron chi connectivity index (χ0n) is 10.9. The first kappa shape index (κ1) is 13.8. The molecule has 1 saturated heterocycles. The lowest BCUT2D eigenvalue weighted by atomic mass is 10.1. The minimum Gasteiger partial charge on any atom is -0.399 e. The van der Waals surface area contributed by atoms with Crippen molar-refractivity contribution in [2.75, 3.05) is 32.0 Å². The van der Waals surface area contributed by atoms with E-state index in [1.54, 1.807) is 12.1 Å². The largest absolute Gasteiger partial charge is 0.399 e. The van der Waals surface area contributed by atoms with Gasteiger partial charge in [0.1, 0.15) is 5.82 Å². The van der Waals surface area contributed by atoms with Crippen molar-refractivity contribution < 1.29 is 13.9 Å². The first-order valence-corrected chi connectivity index (χ1v) is 6.56. The smallest absolute Gasteiger partial charge is 0.222 e. The van der Waals surface area contributed by atoms with Gasteiger partial charge in [0.2, 0.25) is 5.91 Å². The van der Waals surface area contributed by atoms with Gasteiger partial charge in [-0.05, 0) is 30.5 Å². The molecule has 1 aromatic rings. The number of aryl methyl sites for hydroxylation is 1. The number of ether oxygens (including phenoxy) is 1. The predicted octanol–water partition coefficient (Wildman–Crippen LogP) is 1.59. The molecule has 0 radical (unpaired) electrons. The Balaban J connectivity index is 1.78. The van der Waals surface area contributed by atoms with Crippen molar-refractivity contribution in [3.05, 3.63) is 29.6 Å². The monoisotopic (exact) mass is 266 g/mol. The number of hydrogen-bond acceptors (Lipinski definition) is 3. The van der Waals surface area contributed by atoms with Gasteiger partial charge in [0.25, 0.3) is 0 Å². The summed E-state index contributed by atoms with van der Waals surface area (Å²) < 4.78 is 18.7. The molecule has 2 rings (SSSR count). The molecule has 19 heavy (non-hydrogen) atoms. The van der Waals surface area contributed by atoms with Crippen molar-refractivity contribution in [3.8, 4) is 0 Å². The molecule has 0 atom stereocenters. The number of carbonyl (C=O) groups is 1. The summed E-state index contributed by atoms with van der Waals surface area (Å²) in [5.41, 5.74) is 6.53. The maximum Gasteiger partial charge on any atom is 0.222 e. The third-order valence-corrected chi connectivity index (χ3v) is 3.28. The van der Waals surface area contributed by atoms with E-state index >= 15 is 0 Å². The van der Waals surface area contributed by atoms with E-state index in [0.717, 1.165) is 0 Å². The summed E-state index contributed by atoms with van der Waals surface area (Å²) in [5.74, 6) is -0.169. The standard InChI is InChI=1S/C14H19FN2O2/c15-13-10-12(16)5-4-11(13)2-1-3-14(18)17-6-8-19-9-7-17/h4-5,10H,1-3,6-9,16H2. The fraction of sp³-hybridized carbons (Fsp3) is 0.500. The van der Waals surface area contributed by atoms with Crippen LogP contribution < -0.4 is 5.73 Å². The van der Waals surface area contributed by atoms with Gasteiger partial charge in [-0.1, -0.05) is 6.07 Å². The van der Waals surface area contributed by atoms with Crippen molar-refractivity contribution >= 4 is 11.6 Å². The Bertz CT molecular complexity index is 445. The number of anilines is 1. The van der Waals surface area contributed by atoms with Crippen molar-refractivity contribution in [2.24, 2.45) is 0 Å². The Morgan fingerprint density at radius 3 is 2.79 bits per heavy atom. The van der Waals surface area contributed by atoms with Crippen molar-refractivity contribution in [1.82, 2.24) is 4.90 Å². The lowest BCUT2D eigenvalue weighted by Crippen LogP contribution is -2.40. The van der Waals surface area contributed by atoms with Crippen LogP contribution in [-0.4, -0.2) is 37.1 Å². The van der Waals surface area contributed by atoms with Gasteiger partial charge in [-0.2, -0.15) is 0 Å². The second kappa shape index (κ2) is 6.52. The summed E-state index contributed by atoms with van der Waals surface area (Å²) in [7, 11) is 0. The molecule has 0 saturated carbocycles. The minimum absolute atomic E-state index is 0.124. The van der Waals surface area contributed by atoms with E-state index in [1.807, 2.05) is 4.90 Å². The van der Waals surface area contributed by atoms with Crippen LogP contribution in [-0.2, 0) is 16.0 Å². The molecule has 0 aromatic heterocycles. The molecule has 0 aliphatic carbocycles. The number of carbonyl (C=O) groups excluding carboxylic acids is 1. The van der Waals surface area contributed by atoms with Gasteiger partial charge in [0, 0.05) is 25.2 Å². The lowest BCUT2D eigenvalue weighted by molar-refractivity contribution is -0.135. The molecule has 1 heterocycles. The lowest BCUT2D eigenvalue weighted by Gasteiger charge is -2.26. The molecule has 0 bridgehead atoms. The van der Waals surface area contributed by atoms with Gasteiger partial charge >= 0.3 is 0 Å². The summed E-state index contributed by atoms with van der Waals surface area (Å²) in [6.45, 7) is 2.54. The van der Waals surface area contributed by atoms with Crippen molar-refractivity contribution in [2.45, 2.75) is 19.3 Å². The van der Waals surface area contributed by atoms with Crippen LogP contribution in [0.25, 0.3) is 0 Å². The number of hydrogen-bond donors (Lipinski definition) is 1. The fourth-order valence-electron chi connectivity index (χ4n) is 2.17. The zero-order valence-corrected chi connectivity index (χ0v) is 10.9. The average Bonchev–Trinajstić information content (AvgIpc) is 2.42. The summed E-state index contributed by atoms with van der Waals surface area (Å²) >= 11 is 0. The number of nitrogen functional groups attached to an aromatic ring is 1. The third kappa shape index (κ3) is 3.92. The highest BCUT2D eigenvalue weighted by molar-refractivity contribution is 5.76. The molecular formula is C14H19FN2O2. The van der Waals surface area contributed by atoms with E-state index < -0.39 is 0 Å². The highest BCUT2D eigenvalue weighted by atomic mass is 19.1. The Labute approximate surface area is 112 Å². The van der Waals surface area contributed by atoms with Crippen LogP contribution in [0.2, 0.25) is 0 Å². The number of amides is 1. The van der Waals surface area contributed by atoms with Crippen LogP contribution in [0.1, 0.15) is 18.4 Å². The second-order valence-corrected chi connectivity index (χ2v) is 4.70. The molecule has 1 fully saturated rings. The molecule has 1 aromatic carbocycles. The molecule has 1 aliphatic rings. The summed E-state index contributed by atoms with van der Waals surface area (Å²) in [4.78, 5) is 13.7. The summed E-state index contributed by atoms with van der Waals surface area (Å²) in [5, 5.41) is 0. The van der Waals surface area contributed by atoms with Gasteiger partial charge in [0.15, 0.2) is 0 Å². The molecule has 0 spiro atoms. The first-order chi connectivity index (χ1) is 9.16. The normalized spacial score (nSPS) is 15.5. The number of halogens is 1. The number of nitrogens with zero attached hydrogens (tertiary/aromatic N) is 1. The molecule has 104 valence electrons.